The number of aryl methyl sites for hydroxylation is 1. The molecule has 3 aromatic rings. The number of carbonyl (C=O) groups is 1. The first-order valence-electron chi connectivity index (χ1n) is 8.51. The van der Waals surface area contributed by atoms with E-state index < -0.39 is 5.82 Å². The van der Waals surface area contributed by atoms with Crippen molar-refractivity contribution in [3.63, 3.8) is 0 Å². The molecule has 0 fully saturated rings. The Balaban J connectivity index is 1.46. The number of hydrogen-bond donors (Lipinski definition) is 2. The van der Waals surface area contributed by atoms with Crippen molar-refractivity contribution in [1.82, 2.24) is 4.98 Å². The predicted molar refractivity (Wildman–Crippen MR) is 102 cm³/mol. The summed E-state index contributed by atoms with van der Waals surface area (Å²) in [6.45, 7) is 0.816. The van der Waals surface area contributed by atoms with Crippen molar-refractivity contribution in [2.24, 2.45) is 0 Å². The molecule has 0 aliphatic heterocycles. The summed E-state index contributed by atoms with van der Waals surface area (Å²) in [5, 5.41) is 5.97. The summed E-state index contributed by atoms with van der Waals surface area (Å²) >= 11 is 0. The molecule has 0 atom stereocenters. The summed E-state index contributed by atoms with van der Waals surface area (Å²) in [5.41, 5.74) is 2.15. The van der Waals surface area contributed by atoms with Crippen LogP contribution in [0.1, 0.15) is 22.3 Å². The summed E-state index contributed by atoms with van der Waals surface area (Å²) in [7, 11) is 0. The molecule has 1 amide bonds. The maximum absolute atomic E-state index is 13.2. The normalized spacial score (nSPS) is 10.3. The number of nitrogens with zero attached hydrogens (tertiary/aromatic N) is 1. The van der Waals surface area contributed by atoms with Crippen LogP contribution in [0, 0.1) is 5.82 Å². The highest BCUT2D eigenvalue weighted by atomic mass is 19.1. The smallest absolute Gasteiger partial charge is 0.255 e. The molecular weight excluding hydrogens is 329 g/mol. The summed E-state index contributed by atoms with van der Waals surface area (Å²) in [5.74, 6) is -0.0532. The van der Waals surface area contributed by atoms with Crippen LogP contribution >= 0.6 is 0 Å². The SMILES string of the molecule is O=C(Nc1ccc(NCCCc2ccccc2)nc1)c1cccc(F)c1. The topological polar surface area (TPSA) is 54.0 Å². The highest BCUT2D eigenvalue weighted by molar-refractivity contribution is 6.04. The minimum atomic E-state index is -0.439. The zero-order chi connectivity index (χ0) is 18.2. The number of anilines is 2. The lowest BCUT2D eigenvalue weighted by Crippen LogP contribution is -2.12. The van der Waals surface area contributed by atoms with Gasteiger partial charge in [0.05, 0.1) is 11.9 Å². The highest BCUT2D eigenvalue weighted by Gasteiger charge is 2.07. The number of pyridine rings is 1. The van der Waals surface area contributed by atoms with Gasteiger partial charge in [-0.1, -0.05) is 36.4 Å². The lowest BCUT2D eigenvalue weighted by atomic mass is 10.1. The van der Waals surface area contributed by atoms with Crippen molar-refractivity contribution in [1.29, 1.82) is 0 Å². The monoisotopic (exact) mass is 349 g/mol. The maximum Gasteiger partial charge on any atom is 0.255 e. The molecule has 0 aliphatic carbocycles. The van der Waals surface area contributed by atoms with E-state index in [2.05, 4.69) is 27.8 Å². The quantitative estimate of drug-likeness (QED) is 0.617. The van der Waals surface area contributed by atoms with Crippen molar-refractivity contribution in [2.45, 2.75) is 12.8 Å². The number of nitrogens with one attached hydrogen (secondary N) is 2. The van der Waals surface area contributed by atoms with Gasteiger partial charge >= 0.3 is 0 Å². The van der Waals surface area contributed by atoms with Gasteiger partial charge in [-0.2, -0.15) is 0 Å². The van der Waals surface area contributed by atoms with Crippen molar-refractivity contribution in [3.05, 3.63) is 89.9 Å². The van der Waals surface area contributed by atoms with Crippen LogP contribution in [-0.2, 0) is 6.42 Å². The van der Waals surface area contributed by atoms with Gasteiger partial charge in [-0.05, 0) is 48.7 Å². The summed E-state index contributed by atoms with van der Waals surface area (Å²) in [4.78, 5) is 16.4. The largest absolute Gasteiger partial charge is 0.370 e. The van der Waals surface area contributed by atoms with E-state index >= 15 is 0 Å². The fraction of sp³-hybridized carbons (Fsp3) is 0.143. The minimum Gasteiger partial charge on any atom is -0.370 e. The van der Waals surface area contributed by atoms with Crippen LogP contribution in [-0.4, -0.2) is 17.4 Å². The van der Waals surface area contributed by atoms with Gasteiger partial charge in [0.15, 0.2) is 0 Å². The van der Waals surface area contributed by atoms with Crippen LogP contribution in [0.2, 0.25) is 0 Å². The zero-order valence-electron chi connectivity index (χ0n) is 14.3. The number of carbonyl (C=O) groups excluding carboxylic acids is 1. The Morgan fingerprint density at radius 3 is 2.58 bits per heavy atom. The second-order valence-electron chi connectivity index (χ2n) is 5.91. The number of aromatic nitrogens is 1. The van der Waals surface area contributed by atoms with E-state index in [4.69, 9.17) is 0 Å². The molecule has 132 valence electrons. The molecule has 2 N–H and O–H groups in total. The van der Waals surface area contributed by atoms with Gasteiger partial charge in [0, 0.05) is 12.1 Å². The molecule has 0 spiro atoms. The van der Waals surface area contributed by atoms with Crippen LogP contribution in [0.15, 0.2) is 72.9 Å². The lowest BCUT2D eigenvalue weighted by Gasteiger charge is -2.08. The molecule has 0 radical (unpaired) electrons. The molecule has 0 saturated carbocycles. The van der Waals surface area contributed by atoms with Gasteiger partial charge in [0.2, 0.25) is 0 Å². The molecule has 0 bridgehead atoms. The number of halogens is 1. The molecular formula is C21H20FN3O. The van der Waals surface area contributed by atoms with E-state index in [-0.39, 0.29) is 11.5 Å². The van der Waals surface area contributed by atoms with Gasteiger partial charge in [0.1, 0.15) is 11.6 Å². The molecule has 0 aliphatic rings. The summed E-state index contributed by atoms with van der Waals surface area (Å²) in [6, 6.07) is 19.5. The Morgan fingerprint density at radius 2 is 1.85 bits per heavy atom. The second kappa shape index (κ2) is 8.76. The van der Waals surface area contributed by atoms with Crippen LogP contribution in [0.3, 0.4) is 0 Å². The number of benzene rings is 2. The first-order chi connectivity index (χ1) is 12.7. The third-order valence-corrected chi connectivity index (χ3v) is 3.90. The Labute approximate surface area is 152 Å². The Hall–Kier alpha value is -3.21. The Kier molecular flexibility index (Phi) is 5.93. The van der Waals surface area contributed by atoms with E-state index in [0.29, 0.717) is 5.69 Å². The minimum absolute atomic E-state index is 0.271. The van der Waals surface area contributed by atoms with Gasteiger partial charge in [-0.15, -0.1) is 0 Å². The number of amides is 1. The van der Waals surface area contributed by atoms with Gasteiger partial charge in [-0.3, -0.25) is 4.79 Å². The van der Waals surface area contributed by atoms with Crippen molar-refractivity contribution in [2.75, 3.05) is 17.2 Å². The van der Waals surface area contributed by atoms with Crippen LogP contribution in [0.5, 0.6) is 0 Å². The fourth-order valence-electron chi connectivity index (χ4n) is 2.56. The summed E-state index contributed by atoms with van der Waals surface area (Å²) in [6.07, 6.45) is 3.59. The first kappa shape index (κ1) is 17.6. The van der Waals surface area contributed by atoms with Crippen molar-refractivity contribution in [3.8, 4) is 0 Å². The van der Waals surface area contributed by atoms with E-state index in [1.807, 2.05) is 24.3 Å². The third-order valence-electron chi connectivity index (χ3n) is 3.90. The zero-order valence-corrected chi connectivity index (χ0v) is 14.3. The third kappa shape index (κ3) is 5.14. The average Bonchev–Trinajstić information content (AvgIpc) is 2.67. The van der Waals surface area contributed by atoms with E-state index in [9.17, 15) is 9.18 Å². The molecule has 1 heterocycles. The second-order valence-corrected chi connectivity index (χ2v) is 5.91. The van der Waals surface area contributed by atoms with Crippen LogP contribution in [0.4, 0.5) is 15.9 Å². The molecule has 4 nitrogen and oxygen atoms in total. The molecule has 5 heteroatoms. The van der Waals surface area contributed by atoms with Gasteiger partial charge in [-0.25, -0.2) is 9.37 Å². The number of hydrogen-bond acceptors (Lipinski definition) is 3. The molecule has 0 saturated heterocycles. The highest BCUT2D eigenvalue weighted by Crippen LogP contribution is 2.12. The molecule has 3 rings (SSSR count). The molecule has 0 unspecified atom stereocenters. The van der Waals surface area contributed by atoms with Crippen LogP contribution < -0.4 is 10.6 Å². The molecule has 2 aromatic carbocycles. The van der Waals surface area contributed by atoms with Gasteiger partial charge < -0.3 is 10.6 Å². The Morgan fingerprint density at radius 1 is 1.00 bits per heavy atom. The standard InChI is InChI=1S/C21H20FN3O/c22-18-10-4-9-17(14-18)21(26)25-19-11-12-20(24-15-19)23-13-5-8-16-6-2-1-3-7-16/h1-4,6-7,9-12,14-15H,5,8,13H2,(H,23,24)(H,25,26). The van der Waals surface area contributed by atoms with E-state index in [1.54, 1.807) is 18.3 Å². The van der Waals surface area contributed by atoms with Crippen molar-refractivity contribution < 1.29 is 9.18 Å². The average molecular weight is 349 g/mol. The van der Waals surface area contributed by atoms with E-state index in [0.717, 1.165) is 25.2 Å². The van der Waals surface area contributed by atoms with Crippen molar-refractivity contribution >= 4 is 17.4 Å². The maximum atomic E-state index is 13.2. The van der Waals surface area contributed by atoms with E-state index in [1.165, 1.54) is 23.8 Å². The number of rotatable bonds is 7. The first-order valence-corrected chi connectivity index (χ1v) is 8.51. The predicted octanol–water partition coefficient (Wildman–Crippen LogP) is 4.52. The molecule has 26 heavy (non-hydrogen) atoms. The molecule has 1 aromatic heterocycles. The lowest BCUT2D eigenvalue weighted by molar-refractivity contribution is 0.102. The summed E-state index contributed by atoms with van der Waals surface area (Å²) < 4.78 is 13.2. The Bertz CT molecular complexity index is 851. The van der Waals surface area contributed by atoms with Crippen LogP contribution in [0.25, 0.3) is 0 Å². The van der Waals surface area contributed by atoms with Gasteiger partial charge in [0.25, 0.3) is 5.91 Å². The fourth-order valence-corrected chi connectivity index (χ4v) is 2.56.